The Kier molecular flexibility index (Phi) is 4.42. The Morgan fingerprint density at radius 1 is 0.550 bits per heavy atom. The van der Waals surface area contributed by atoms with Gasteiger partial charge < -0.3 is 11.5 Å². The van der Waals surface area contributed by atoms with Crippen LogP contribution in [0.3, 0.4) is 0 Å². The van der Waals surface area contributed by atoms with Crippen LogP contribution in [0.15, 0.2) is 24.3 Å². The van der Waals surface area contributed by atoms with Crippen molar-refractivity contribution in [1.29, 1.82) is 0 Å². The fourth-order valence-corrected chi connectivity index (χ4v) is 3.95. The summed E-state index contributed by atoms with van der Waals surface area (Å²) >= 11 is 0. The Labute approximate surface area is 122 Å². The summed E-state index contributed by atoms with van der Waals surface area (Å²) in [7, 11) is 0. The Bertz CT molecular complexity index is 369. The van der Waals surface area contributed by atoms with E-state index in [1.165, 1.54) is 62.5 Å². The Morgan fingerprint density at radius 3 is 1.15 bits per heavy atom. The summed E-state index contributed by atoms with van der Waals surface area (Å²) in [5.74, 6) is 1.48. The van der Waals surface area contributed by atoms with E-state index in [0.717, 1.165) is 11.8 Å². The predicted octanol–water partition coefficient (Wildman–Crippen LogP) is 3.66. The molecular weight excluding hydrogens is 244 g/mol. The molecule has 2 fully saturated rings. The van der Waals surface area contributed by atoms with Crippen LogP contribution in [0.1, 0.15) is 74.3 Å². The molecule has 0 bridgehead atoms. The van der Waals surface area contributed by atoms with Gasteiger partial charge in [0, 0.05) is 12.1 Å². The summed E-state index contributed by atoms with van der Waals surface area (Å²) in [5, 5.41) is 0. The van der Waals surface area contributed by atoms with Gasteiger partial charge >= 0.3 is 0 Å². The van der Waals surface area contributed by atoms with Crippen LogP contribution in [-0.2, 0) is 0 Å². The average Bonchev–Trinajstić information content (AvgIpc) is 2.49. The Balaban J connectivity index is 1.62. The number of benzene rings is 1. The molecule has 110 valence electrons. The first-order valence-electron chi connectivity index (χ1n) is 8.33. The SMILES string of the molecule is NC1CCC(c2ccc(C3CCC(N)CC3)cc2)CC1. The maximum absolute atomic E-state index is 6.00. The summed E-state index contributed by atoms with van der Waals surface area (Å²) in [4.78, 5) is 0. The molecule has 0 heterocycles. The van der Waals surface area contributed by atoms with E-state index in [9.17, 15) is 0 Å². The largest absolute Gasteiger partial charge is 0.328 e. The van der Waals surface area contributed by atoms with Crippen molar-refractivity contribution in [3.8, 4) is 0 Å². The highest BCUT2D eigenvalue weighted by Gasteiger charge is 2.22. The molecule has 0 atom stereocenters. The Morgan fingerprint density at radius 2 is 0.850 bits per heavy atom. The zero-order valence-corrected chi connectivity index (χ0v) is 12.4. The van der Waals surface area contributed by atoms with Crippen LogP contribution in [0.5, 0.6) is 0 Å². The van der Waals surface area contributed by atoms with Crippen LogP contribution >= 0.6 is 0 Å². The Hall–Kier alpha value is -0.860. The minimum atomic E-state index is 0.442. The van der Waals surface area contributed by atoms with Crippen LogP contribution < -0.4 is 11.5 Å². The predicted molar refractivity (Wildman–Crippen MR) is 84.8 cm³/mol. The minimum absolute atomic E-state index is 0.442. The molecule has 2 aliphatic rings. The van der Waals surface area contributed by atoms with Gasteiger partial charge in [0.05, 0.1) is 0 Å². The van der Waals surface area contributed by atoms with Gasteiger partial charge in [-0.2, -0.15) is 0 Å². The molecule has 0 saturated heterocycles. The lowest BCUT2D eigenvalue weighted by Crippen LogP contribution is -2.26. The van der Waals surface area contributed by atoms with E-state index in [0.29, 0.717) is 12.1 Å². The number of hydrogen-bond acceptors (Lipinski definition) is 2. The molecule has 0 aromatic heterocycles. The van der Waals surface area contributed by atoms with Gasteiger partial charge in [0.1, 0.15) is 0 Å². The van der Waals surface area contributed by atoms with E-state index in [2.05, 4.69) is 24.3 Å². The van der Waals surface area contributed by atoms with Gasteiger partial charge in [-0.3, -0.25) is 0 Å². The van der Waals surface area contributed by atoms with Gasteiger partial charge in [0.25, 0.3) is 0 Å². The van der Waals surface area contributed by atoms with Crippen molar-refractivity contribution in [2.75, 3.05) is 0 Å². The highest BCUT2D eigenvalue weighted by atomic mass is 14.6. The van der Waals surface area contributed by atoms with Gasteiger partial charge in [-0.25, -0.2) is 0 Å². The normalized spacial score (nSPS) is 34.9. The first-order chi connectivity index (χ1) is 9.72. The summed E-state index contributed by atoms with van der Waals surface area (Å²) in [6.07, 6.45) is 9.80. The molecule has 2 nitrogen and oxygen atoms in total. The third-order valence-corrected chi connectivity index (χ3v) is 5.42. The summed E-state index contributed by atoms with van der Waals surface area (Å²) in [6.45, 7) is 0. The zero-order chi connectivity index (χ0) is 13.9. The molecule has 0 spiro atoms. The molecule has 2 saturated carbocycles. The lowest BCUT2D eigenvalue weighted by atomic mass is 9.79. The summed E-state index contributed by atoms with van der Waals surface area (Å²) < 4.78 is 0. The zero-order valence-electron chi connectivity index (χ0n) is 12.4. The van der Waals surface area contributed by atoms with Gasteiger partial charge in [-0.15, -0.1) is 0 Å². The maximum atomic E-state index is 6.00. The lowest BCUT2D eigenvalue weighted by Gasteiger charge is -2.28. The lowest BCUT2D eigenvalue weighted by molar-refractivity contribution is 0.392. The van der Waals surface area contributed by atoms with E-state index in [4.69, 9.17) is 11.5 Å². The second-order valence-corrected chi connectivity index (χ2v) is 6.89. The van der Waals surface area contributed by atoms with Crippen molar-refractivity contribution in [2.45, 2.75) is 75.3 Å². The third kappa shape index (κ3) is 3.24. The first kappa shape index (κ1) is 14.1. The second-order valence-electron chi connectivity index (χ2n) is 6.89. The molecule has 0 amide bonds. The van der Waals surface area contributed by atoms with E-state index < -0.39 is 0 Å². The van der Waals surface area contributed by atoms with Gasteiger partial charge in [-0.05, 0) is 74.3 Å². The van der Waals surface area contributed by atoms with Crippen LogP contribution in [0.25, 0.3) is 0 Å². The number of hydrogen-bond donors (Lipinski definition) is 2. The molecule has 1 aromatic rings. The molecule has 4 N–H and O–H groups in total. The van der Waals surface area contributed by atoms with Crippen LogP contribution in [-0.4, -0.2) is 12.1 Å². The highest BCUT2D eigenvalue weighted by molar-refractivity contribution is 5.28. The monoisotopic (exact) mass is 272 g/mol. The quantitative estimate of drug-likeness (QED) is 0.863. The van der Waals surface area contributed by atoms with Crippen molar-refractivity contribution in [1.82, 2.24) is 0 Å². The van der Waals surface area contributed by atoms with Crippen molar-refractivity contribution >= 4 is 0 Å². The van der Waals surface area contributed by atoms with Crippen molar-refractivity contribution in [3.63, 3.8) is 0 Å². The summed E-state index contributed by atoms with van der Waals surface area (Å²) in [5.41, 5.74) is 15.0. The fourth-order valence-electron chi connectivity index (χ4n) is 3.95. The van der Waals surface area contributed by atoms with E-state index >= 15 is 0 Å². The molecule has 3 rings (SSSR count). The van der Waals surface area contributed by atoms with Gasteiger partial charge in [0.2, 0.25) is 0 Å². The highest BCUT2D eigenvalue weighted by Crippen LogP contribution is 2.35. The molecule has 20 heavy (non-hydrogen) atoms. The van der Waals surface area contributed by atoms with Crippen molar-refractivity contribution < 1.29 is 0 Å². The molecule has 2 heteroatoms. The topological polar surface area (TPSA) is 52.0 Å². The smallest absolute Gasteiger partial charge is 0.00392 e. The number of nitrogens with two attached hydrogens (primary N) is 2. The van der Waals surface area contributed by atoms with Crippen molar-refractivity contribution in [2.24, 2.45) is 11.5 Å². The van der Waals surface area contributed by atoms with Gasteiger partial charge in [0.15, 0.2) is 0 Å². The standard InChI is InChI=1S/C18H28N2/c19-17-9-5-15(6-10-17)13-1-2-14(4-3-13)16-7-11-18(20)12-8-16/h1-4,15-18H,5-12,19-20H2. The number of rotatable bonds is 2. The van der Waals surface area contributed by atoms with Crippen LogP contribution in [0.4, 0.5) is 0 Å². The second kappa shape index (κ2) is 6.28. The average molecular weight is 272 g/mol. The molecule has 1 aromatic carbocycles. The van der Waals surface area contributed by atoms with Crippen molar-refractivity contribution in [3.05, 3.63) is 35.4 Å². The van der Waals surface area contributed by atoms with E-state index in [-0.39, 0.29) is 0 Å². The minimum Gasteiger partial charge on any atom is -0.328 e. The third-order valence-electron chi connectivity index (χ3n) is 5.42. The molecular formula is C18H28N2. The van der Waals surface area contributed by atoms with Crippen LogP contribution in [0, 0.1) is 0 Å². The maximum Gasteiger partial charge on any atom is 0.00392 e. The van der Waals surface area contributed by atoms with E-state index in [1.54, 1.807) is 0 Å². The van der Waals surface area contributed by atoms with Crippen LogP contribution in [0.2, 0.25) is 0 Å². The van der Waals surface area contributed by atoms with E-state index in [1.807, 2.05) is 0 Å². The molecule has 2 aliphatic carbocycles. The molecule has 0 aliphatic heterocycles. The first-order valence-corrected chi connectivity index (χ1v) is 8.33. The summed E-state index contributed by atoms with van der Waals surface area (Å²) in [6, 6.07) is 10.3. The fraction of sp³-hybridized carbons (Fsp3) is 0.667. The van der Waals surface area contributed by atoms with Gasteiger partial charge in [-0.1, -0.05) is 24.3 Å². The molecule has 0 radical (unpaired) electrons. The molecule has 0 unspecified atom stereocenters.